The number of imidazole rings is 1. The topological polar surface area (TPSA) is 71.8 Å². The number of nitro groups is 1. The van der Waals surface area contributed by atoms with E-state index in [1.54, 1.807) is 0 Å². The van der Waals surface area contributed by atoms with E-state index in [4.69, 9.17) is 0 Å². The van der Waals surface area contributed by atoms with Crippen LogP contribution in [0.5, 0.6) is 0 Å². The molecule has 16 heavy (non-hydrogen) atoms. The van der Waals surface area contributed by atoms with Gasteiger partial charge in [-0.05, 0) is 23.1 Å². The van der Waals surface area contributed by atoms with E-state index in [9.17, 15) is 23.3 Å². The smallest absolute Gasteiger partial charge is 0.390 e. The van der Waals surface area contributed by atoms with Crippen LogP contribution in [0.25, 0.3) is 11.0 Å². The third kappa shape index (κ3) is 1.69. The van der Waals surface area contributed by atoms with Gasteiger partial charge in [-0.3, -0.25) is 0 Å². The van der Waals surface area contributed by atoms with Gasteiger partial charge in [0.2, 0.25) is 0 Å². The summed E-state index contributed by atoms with van der Waals surface area (Å²) in [7, 11) is 0. The molecule has 0 aliphatic carbocycles. The van der Waals surface area contributed by atoms with Gasteiger partial charge < -0.3 is 10.1 Å². The maximum atomic E-state index is 12.3. The summed E-state index contributed by atoms with van der Waals surface area (Å²) in [6.07, 6.45) is -4.48. The van der Waals surface area contributed by atoms with Crippen LogP contribution in [-0.2, 0) is 6.18 Å². The number of alkyl halides is 3. The van der Waals surface area contributed by atoms with Crippen LogP contribution < -0.4 is 0 Å². The zero-order chi connectivity index (χ0) is 11.9. The van der Waals surface area contributed by atoms with E-state index in [0.29, 0.717) is 0 Å². The monoisotopic (exact) mass is 231 g/mol. The predicted molar refractivity (Wildman–Crippen MR) is 47.8 cm³/mol. The molecule has 0 bridgehead atoms. The summed E-state index contributed by atoms with van der Waals surface area (Å²) >= 11 is 0. The highest BCUT2D eigenvalue weighted by Crippen LogP contribution is 2.31. The first-order valence-corrected chi connectivity index (χ1v) is 4.09. The number of nitrogens with one attached hydrogen (secondary N) is 1. The molecule has 0 saturated heterocycles. The minimum absolute atomic E-state index is 0.0125. The number of fused-ring (bicyclic) bond motifs is 1. The molecule has 1 heterocycles. The summed E-state index contributed by atoms with van der Waals surface area (Å²) in [4.78, 5) is 15.3. The molecule has 0 unspecified atom stereocenters. The van der Waals surface area contributed by atoms with Crippen LogP contribution in [0.4, 0.5) is 19.1 Å². The minimum atomic E-state index is -4.48. The molecule has 0 radical (unpaired) electrons. The average molecular weight is 231 g/mol. The van der Waals surface area contributed by atoms with Crippen LogP contribution in [0.15, 0.2) is 18.2 Å². The lowest BCUT2D eigenvalue weighted by molar-refractivity contribution is -0.393. The van der Waals surface area contributed by atoms with Gasteiger partial charge in [0.25, 0.3) is 0 Å². The number of benzene rings is 1. The molecule has 0 amide bonds. The molecule has 2 aromatic rings. The summed E-state index contributed by atoms with van der Waals surface area (Å²) in [5.41, 5.74) is -0.764. The van der Waals surface area contributed by atoms with E-state index in [0.717, 1.165) is 18.2 Å². The molecule has 0 aliphatic heterocycles. The van der Waals surface area contributed by atoms with Crippen molar-refractivity contribution in [2.45, 2.75) is 6.18 Å². The fourth-order valence-corrected chi connectivity index (χ4v) is 1.26. The molecule has 2 rings (SSSR count). The molecule has 1 aromatic heterocycles. The van der Waals surface area contributed by atoms with Crippen molar-refractivity contribution in [3.05, 3.63) is 33.9 Å². The number of hydrogen-bond acceptors (Lipinski definition) is 3. The molecule has 0 atom stereocenters. The molecule has 1 aromatic carbocycles. The Bertz CT molecular complexity index is 561. The van der Waals surface area contributed by atoms with E-state index in [-0.39, 0.29) is 11.0 Å². The van der Waals surface area contributed by atoms with E-state index >= 15 is 0 Å². The first-order chi connectivity index (χ1) is 7.38. The van der Waals surface area contributed by atoms with Crippen molar-refractivity contribution in [2.24, 2.45) is 0 Å². The maximum Gasteiger partial charge on any atom is 0.433 e. The van der Waals surface area contributed by atoms with Crippen LogP contribution in [-0.4, -0.2) is 14.9 Å². The summed E-state index contributed by atoms with van der Waals surface area (Å²) in [6.45, 7) is 0. The second-order valence-electron chi connectivity index (χ2n) is 3.05. The Labute approximate surface area is 86.1 Å². The highest BCUT2D eigenvalue weighted by atomic mass is 19.4. The Morgan fingerprint density at radius 3 is 2.62 bits per heavy atom. The number of aromatic amines is 1. The quantitative estimate of drug-likeness (QED) is 0.605. The summed E-state index contributed by atoms with van der Waals surface area (Å²) < 4.78 is 36.9. The van der Waals surface area contributed by atoms with Crippen molar-refractivity contribution < 1.29 is 18.1 Å². The Hall–Kier alpha value is -2.12. The second-order valence-corrected chi connectivity index (χ2v) is 3.05. The maximum absolute atomic E-state index is 12.3. The number of nitrogens with zero attached hydrogens (tertiary/aromatic N) is 2. The fraction of sp³-hybridized carbons (Fsp3) is 0.125. The van der Waals surface area contributed by atoms with Gasteiger partial charge in [-0.25, -0.2) is 4.98 Å². The molecule has 84 valence electrons. The van der Waals surface area contributed by atoms with Crippen molar-refractivity contribution in [1.82, 2.24) is 9.97 Å². The van der Waals surface area contributed by atoms with Crippen molar-refractivity contribution >= 4 is 17.0 Å². The highest BCUT2D eigenvalue weighted by molar-refractivity contribution is 5.77. The van der Waals surface area contributed by atoms with Gasteiger partial charge in [0.1, 0.15) is 5.52 Å². The van der Waals surface area contributed by atoms with Crippen molar-refractivity contribution in [2.75, 3.05) is 0 Å². The van der Waals surface area contributed by atoms with Crippen LogP contribution in [0.3, 0.4) is 0 Å². The predicted octanol–water partition coefficient (Wildman–Crippen LogP) is 2.49. The van der Waals surface area contributed by atoms with Crippen molar-refractivity contribution in [3.8, 4) is 0 Å². The minimum Gasteiger partial charge on any atom is -0.390 e. The molecular formula is C8H4F3N3O2. The van der Waals surface area contributed by atoms with Crippen molar-refractivity contribution in [1.29, 1.82) is 0 Å². The lowest BCUT2D eigenvalue weighted by atomic mass is 10.2. The molecule has 1 N–H and O–H groups in total. The van der Waals surface area contributed by atoms with Gasteiger partial charge in [-0.15, -0.1) is 0 Å². The lowest BCUT2D eigenvalue weighted by Crippen LogP contribution is -2.04. The number of halogens is 3. The summed E-state index contributed by atoms with van der Waals surface area (Å²) in [5, 5.41) is 10.3. The number of hydrogen-bond donors (Lipinski definition) is 1. The zero-order valence-corrected chi connectivity index (χ0v) is 7.58. The van der Waals surface area contributed by atoms with Crippen LogP contribution >= 0.6 is 0 Å². The van der Waals surface area contributed by atoms with Crippen LogP contribution in [0.2, 0.25) is 0 Å². The molecular weight excluding hydrogens is 227 g/mol. The zero-order valence-electron chi connectivity index (χ0n) is 7.58. The molecule has 0 spiro atoms. The van der Waals surface area contributed by atoms with Gasteiger partial charge in [0, 0.05) is 0 Å². The van der Waals surface area contributed by atoms with E-state index in [1.165, 1.54) is 0 Å². The summed E-state index contributed by atoms with van der Waals surface area (Å²) in [5.74, 6) is -0.575. The third-order valence-electron chi connectivity index (χ3n) is 1.97. The lowest BCUT2D eigenvalue weighted by Gasteiger charge is -2.04. The standard InChI is InChI=1S/C8H4F3N3O2/c9-8(10,11)4-1-2-5-6(3-4)13-7(12-5)14(15)16/h1-3H,(H,12,13). The van der Waals surface area contributed by atoms with Gasteiger partial charge in [0.15, 0.2) is 5.52 Å². The Kier molecular flexibility index (Phi) is 2.07. The average Bonchev–Trinajstić information content (AvgIpc) is 2.58. The van der Waals surface area contributed by atoms with Crippen molar-refractivity contribution in [3.63, 3.8) is 0 Å². The molecule has 8 heteroatoms. The molecule has 0 aliphatic rings. The van der Waals surface area contributed by atoms with E-state index in [2.05, 4.69) is 9.97 Å². The second kappa shape index (κ2) is 3.19. The van der Waals surface area contributed by atoms with Gasteiger partial charge >= 0.3 is 12.1 Å². The van der Waals surface area contributed by atoms with Gasteiger partial charge in [0.05, 0.1) is 5.56 Å². The number of rotatable bonds is 1. The largest absolute Gasteiger partial charge is 0.433 e. The normalized spacial score (nSPS) is 11.9. The van der Waals surface area contributed by atoms with Crippen LogP contribution in [0, 0.1) is 10.1 Å². The Balaban J connectivity index is 2.58. The SMILES string of the molecule is O=[N+]([O-])c1nc2ccc(C(F)(F)F)cc2[nH]1. The molecule has 5 nitrogen and oxygen atoms in total. The summed E-state index contributed by atoms with van der Waals surface area (Å²) in [6, 6.07) is 2.70. The number of aromatic nitrogens is 2. The van der Waals surface area contributed by atoms with Gasteiger partial charge in [-0.1, -0.05) is 4.98 Å². The molecule has 0 fully saturated rings. The van der Waals surface area contributed by atoms with Gasteiger partial charge in [-0.2, -0.15) is 13.2 Å². The first-order valence-electron chi connectivity index (χ1n) is 4.09. The fourth-order valence-electron chi connectivity index (χ4n) is 1.26. The van der Waals surface area contributed by atoms with E-state index < -0.39 is 22.6 Å². The molecule has 0 saturated carbocycles. The van der Waals surface area contributed by atoms with Crippen LogP contribution in [0.1, 0.15) is 5.56 Å². The Morgan fingerprint density at radius 1 is 1.38 bits per heavy atom. The highest BCUT2D eigenvalue weighted by Gasteiger charge is 2.31. The third-order valence-corrected chi connectivity index (χ3v) is 1.97. The first kappa shape index (κ1) is 10.4. The van der Waals surface area contributed by atoms with E-state index in [1.807, 2.05) is 0 Å². The number of H-pyrrole nitrogens is 1. The Morgan fingerprint density at radius 2 is 2.06 bits per heavy atom.